The zero-order chi connectivity index (χ0) is 14.8. The molecule has 2 heterocycles. The topological polar surface area (TPSA) is 59.4 Å². The Kier molecular flexibility index (Phi) is 4.39. The average Bonchev–Trinajstić information content (AvgIpc) is 3.10. The number of hydrogen-bond donors (Lipinski definition) is 1. The summed E-state index contributed by atoms with van der Waals surface area (Å²) in [7, 11) is 0. The molecule has 2 aromatic heterocycles. The summed E-state index contributed by atoms with van der Waals surface area (Å²) in [4.78, 5) is 3.05. The Hall–Kier alpha value is -1.22. The van der Waals surface area contributed by atoms with Crippen molar-refractivity contribution in [1.82, 2.24) is 23.4 Å². The van der Waals surface area contributed by atoms with Gasteiger partial charge < -0.3 is 0 Å². The quantitative estimate of drug-likeness (QED) is 0.386. The van der Waals surface area contributed by atoms with Gasteiger partial charge in [-0.15, -0.1) is 0 Å². The van der Waals surface area contributed by atoms with Gasteiger partial charge in [-0.1, -0.05) is 0 Å². The van der Waals surface area contributed by atoms with E-state index in [1.807, 2.05) is 6.07 Å². The number of fused-ring (bicyclic) bond motifs is 1. The number of tetrazole rings is 1. The van der Waals surface area contributed by atoms with Crippen LogP contribution < -0.4 is 0 Å². The second-order valence-corrected chi connectivity index (χ2v) is 7.85. The molecule has 0 aliphatic rings. The number of benzene rings is 1. The number of unbranched alkanes of at least 4 members (excludes halogenated alkanes) is 1. The Morgan fingerprint density at radius 2 is 2.33 bits per heavy atom. The Morgan fingerprint density at radius 1 is 1.48 bits per heavy atom. The zero-order valence-electron chi connectivity index (χ0n) is 11.3. The van der Waals surface area contributed by atoms with Crippen LogP contribution in [-0.2, 0) is 0 Å². The van der Waals surface area contributed by atoms with E-state index < -0.39 is 27.3 Å². The number of alkyl halides is 1. The van der Waals surface area contributed by atoms with E-state index in [0.29, 0.717) is 16.9 Å². The molecule has 0 unspecified atom stereocenters. The zero-order valence-corrected chi connectivity index (χ0v) is 14.4. The molecule has 0 saturated heterocycles. The molecule has 0 aliphatic heterocycles. The summed E-state index contributed by atoms with van der Waals surface area (Å²) in [5, 5.41) is 12.7. The second-order valence-electron chi connectivity index (χ2n) is 4.55. The molecular weight excluding hydrogens is 408 g/mol. The van der Waals surface area contributed by atoms with Gasteiger partial charge in [0.1, 0.15) is 0 Å². The van der Waals surface area contributed by atoms with E-state index in [1.54, 1.807) is 15.2 Å². The minimum absolute atomic E-state index is 0.0841. The number of nitrogens with zero attached hydrogens (tertiary/aromatic N) is 4. The SMILES string of the molecule is CCCC[IH]n1nnnc1-c1c(F)c(Cl)cc2cc[nH]c12. The summed E-state index contributed by atoms with van der Waals surface area (Å²) in [6.07, 6.45) is 4.03. The van der Waals surface area contributed by atoms with Crippen LogP contribution >= 0.6 is 33.1 Å². The molecule has 3 rings (SSSR count). The molecule has 0 fully saturated rings. The van der Waals surface area contributed by atoms with Gasteiger partial charge in [-0.25, -0.2) is 0 Å². The normalized spacial score (nSPS) is 11.6. The van der Waals surface area contributed by atoms with Gasteiger partial charge in [0.05, 0.1) is 0 Å². The molecule has 5 nitrogen and oxygen atoms in total. The molecule has 1 aromatic carbocycles. The van der Waals surface area contributed by atoms with Crippen LogP contribution in [0.15, 0.2) is 18.3 Å². The predicted octanol–water partition coefficient (Wildman–Crippen LogP) is 3.88. The van der Waals surface area contributed by atoms with E-state index in [0.717, 1.165) is 22.7 Å². The van der Waals surface area contributed by atoms with Crippen LogP contribution in [0, 0.1) is 5.82 Å². The molecule has 1 N–H and O–H groups in total. The molecule has 0 radical (unpaired) electrons. The predicted molar refractivity (Wildman–Crippen MR) is 90.7 cm³/mol. The number of aromatic nitrogens is 5. The molecule has 0 aliphatic carbocycles. The van der Waals surface area contributed by atoms with Gasteiger partial charge in [0, 0.05) is 0 Å². The Morgan fingerprint density at radius 3 is 3.14 bits per heavy atom. The molecular formula is C13H14ClFIN5. The Balaban J connectivity index is 2.10. The molecule has 21 heavy (non-hydrogen) atoms. The monoisotopic (exact) mass is 421 g/mol. The van der Waals surface area contributed by atoms with Gasteiger partial charge in [0.2, 0.25) is 0 Å². The molecule has 0 atom stereocenters. The summed E-state index contributed by atoms with van der Waals surface area (Å²) in [5.74, 6) is -0.0217. The van der Waals surface area contributed by atoms with Crippen LogP contribution in [0.4, 0.5) is 4.39 Å². The third-order valence-electron chi connectivity index (χ3n) is 3.12. The van der Waals surface area contributed by atoms with E-state index in [4.69, 9.17) is 11.6 Å². The van der Waals surface area contributed by atoms with Gasteiger partial charge in [-0.05, 0) is 0 Å². The fraction of sp³-hybridized carbons (Fsp3) is 0.308. The summed E-state index contributed by atoms with van der Waals surface area (Å²) >= 11 is 5.40. The van der Waals surface area contributed by atoms with Crippen molar-refractivity contribution in [3.63, 3.8) is 0 Å². The first kappa shape index (κ1) is 14.7. The molecule has 112 valence electrons. The summed E-state index contributed by atoms with van der Waals surface area (Å²) in [6, 6.07) is 3.46. The van der Waals surface area contributed by atoms with Crippen LogP contribution in [0.2, 0.25) is 5.02 Å². The number of rotatable bonds is 5. The van der Waals surface area contributed by atoms with Gasteiger partial charge in [0.15, 0.2) is 0 Å². The third-order valence-corrected chi connectivity index (χ3v) is 6.14. The van der Waals surface area contributed by atoms with Crippen molar-refractivity contribution >= 4 is 44.0 Å². The number of H-pyrrole nitrogens is 1. The molecule has 0 spiro atoms. The first-order valence-corrected chi connectivity index (χ1v) is 9.66. The summed E-state index contributed by atoms with van der Waals surface area (Å²) < 4.78 is 17.3. The molecule has 0 bridgehead atoms. The van der Waals surface area contributed by atoms with Crippen molar-refractivity contribution in [1.29, 1.82) is 0 Å². The van der Waals surface area contributed by atoms with Crippen molar-refractivity contribution in [2.24, 2.45) is 0 Å². The van der Waals surface area contributed by atoms with E-state index in [-0.39, 0.29) is 5.02 Å². The number of aromatic amines is 1. The standard InChI is InChI=1S/C13H14ClFIN5/c1-2-3-5-16-21-13(18-19-20-21)10-11(15)9(14)7-8-4-6-17-12(8)10/h4,6-7,16-17H,2-3,5H2,1H3. The fourth-order valence-electron chi connectivity index (χ4n) is 2.06. The third kappa shape index (κ3) is 2.76. The van der Waals surface area contributed by atoms with Crippen molar-refractivity contribution in [2.75, 3.05) is 4.43 Å². The van der Waals surface area contributed by atoms with Crippen LogP contribution in [-0.4, -0.2) is 27.8 Å². The molecule has 8 heteroatoms. The maximum atomic E-state index is 14.5. The Labute approximate surface area is 136 Å². The molecule has 0 saturated carbocycles. The van der Waals surface area contributed by atoms with E-state index in [9.17, 15) is 4.39 Å². The van der Waals surface area contributed by atoms with Crippen LogP contribution in [0.25, 0.3) is 22.3 Å². The van der Waals surface area contributed by atoms with E-state index in [1.165, 1.54) is 0 Å². The number of halogens is 3. The Bertz CT molecular complexity index is 769. The van der Waals surface area contributed by atoms with Crippen molar-refractivity contribution in [2.45, 2.75) is 19.8 Å². The van der Waals surface area contributed by atoms with Gasteiger partial charge in [-0.2, -0.15) is 0 Å². The average molecular weight is 422 g/mol. The van der Waals surface area contributed by atoms with Gasteiger partial charge in [0.25, 0.3) is 0 Å². The van der Waals surface area contributed by atoms with Crippen molar-refractivity contribution in [3.05, 3.63) is 29.2 Å². The maximum absolute atomic E-state index is 14.5. The van der Waals surface area contributed by atoms with Crippen LogP contribution in [0.5, 0.6) is 0 Å². The van der Waals surface area contributed by atoms with Gasteiger partial charge in [-0.3, -0.25) is 0 Å². The summed E-state index contributed by atoms with van der Waals surface area (Å²) in [5.41, 5.74) is 1.03. The number of nitrogens with one attached hydrogen (secondary N) is 1. The van der Waals surface area contributed by atoms with Crippen molar-refractivity contribution in [3.8, 4) is 11.4 Å². The first-order valence-electron chi connectivity index (χ1n) is 6.59. The van der Waals surface area contributed by atoms with Crippen LogP contribution in [0.1, 0.15) is 19.8 Å². The first-order chi connectivity index (χ1) is 10.2. The number of hydrogen-bond acceptors (Lipinski definition) is 3. The van der Waals surface area contributed by atoms with E-state index >= 15 is 0 Å². The van der Waals surface area contributed by atoms with Crippen molar-refractivity contribution < 1.29 is 4.39 Å². The van der Waals surface area contributed by atoms with Crippen LogP contribution in [0.3, 0.4) is 0 Å². The minimum atomic E-state index is -0.589. The van der Waals surface area contributed by atoms with E-state index in [2.05, 4.69) is 27.4 Å². The molecule has 0 amide bonds. The van der Waals surface area contributed by atoms with Gasteiger partial charge >= 0.3 is 137 Å². The summed E-state index contributed by atoms with van der Waals surface area (Å²) in [6.45, 7) is 2.15. The molecule has 3 aromatic rings. The second kappa shape index (κ2) is 6.27. The fourth-order valence-corrected chi connectivity index (χ4v) is 4.92.